The minimum atomic E-state index is -0.659. The third-order valence-electron chi connectivity index (χ3n) is 6.60. The molecule has 0 saturated carbocycles. The molecule has 10 heteroatoms. The second-order valence-electron chi connectivity index (χ2n) is 9.38. The fraction of sp³-hybridized carbons (Fsp3) is 0.0968. The topological polar surface area (TPSA) is 127 Å². The second-order valence-corrected chi connectivity index (χ2v) is 9.38. The van der Waals surface area contributed by atoms with E-state index < -0.39 is 6.04 Å². The zero-order valence-electron chi connectivity index (χ0n) is 22.1. The Morgan fingerprint density at radius 1 is 1.00 bits per heavy atom. The van der Waals surface area contributed by atoms with E-state index in [2.05, 4.69) is 32.2 Å². The number of para-hydroxylation sites is 1. The van der Waals surface area contributed by atoms with Crippen LogP contribution in [-0.2, 0) is 0 Å². The van der Waals surface area contributed by atoms with Gasteiger partial charge in [-0.25, -0.2) is 14.5 Å². The normalized spacial score (nSPS) is 11.7. The van der Waals surface area contributed by atoms with Gasteiger partial charge in [-0.3, -0.25) is 19.0 Å². The molecule has 0 bridgehead atoms. The smallest absolute Gasteiger partial charge is 0.267 e. The van der Waals surface area contributed by atoms with Gasteiger partial charge >= 0.3 is 0 Å². The zero-order chi connectivity index (χ0) is 28.5. The van der Waals surface area contributed by atoms with Crippen LogP contribution in [0.4, 0.5) is 0 Å². The summed E-state index contributed by atoms with van der Waals surface area (Å²) >= 11 is 0. The summed E-state index contributed by atoms with van der Waals surface area (Å²) in [6.45, 7) is 3.53. The van der Waals surface area contributed by atoms with Gasteiger partial charge in [0.25, 0.3) is 11.5 Å². The van der Waals surface area contributed by atoms with Gasteiger partial charge in [0.15, 0.2) is 5.65 Å². The quantitative estimate of drug-likeness (QED) is 0.330. The Labute approximate surface area is 233 Å². The van der Waals surface area contributed by atoms with E-state index in [0.717, 1.165) is 0 Å². The van der Waals surface area contributed by atoms with E-state index in [4.69, 9.17) is 4.98 Å². The summed E-state index contributed by atoms with van der Waals surface area (Å²) in [7, 11) is 0. The zero-order valence-corrected chi connectivity index (χ0v) is 22.1. The summed E-state index contributed by atoms with van der Waals surface area (Å²) in [5.41, 5.74) is 2.91. The number of aromatic amines is 1. The van der Waals surface area contributed by atoms with E-state index in [1.807, 2.05) is 18.2 Å². The molecule has 0 aliphatic carbocycles. The number of hydrogen-bond donors (Lipinski definition) is 2. The van der Waals surface area contributed by atoms with E-state index in [1.165, 1.54) is 16.8 Å². The first kappa shape index (κ1) is 25.5. The summed E-state index contributed by atoms with van der Waals surface area (Å²) in [4.78, 5) is 50.8. The van der Waals surface area contributed by atoms with Crippen LogP contribution in [0.3, 0.4) is 0 Å². The van der Waals surface area contributed by atoms with Crippen LogP contribution in [0.2, 0.25) is 0 Å². The van der Waals surface area contributed by atoms with Gasteiger partial charge in [-0.15, -0.1) is 0 Å². The van der Waals surface area contributed by atoms with Crippen LogP contribution in [-0.4, -0.2) is 35.0 Å². The lowest BCUT2D eigenvalue weighted by atomic mass is 10.1. The Morgan fingerprint density at radius 3 is 2.61 bits per heavy atom. The number of hydrogen-bond acceptors (Lipinski definition) is 6. The van der Waals surface area contributed by atoms with Crippen LogP contribution in [0, 0.1) is 18.8 Å². The molecule has 0 radical (unpaired) electrons. The van der Waals surface area contributed by atoms with Crippen molar-refractivity contribution < 1.29 is 4.79 Å². The molecule has 0 aliphatic heterocycles. The number of nitrogens with one attached hydrogen (secondary N) is 2. The number of fused-ring (bicyclic) bond motifs is 2. The summed E-state index contributed by atoms with van der Waals surface area (Å²) in [6, 6.07) is 18.5. The van der Waals surface area contributed by atoms with Gasteiger partial charge in [-0.2, -0.15) is 5.10 Å². The largest absolute Gasteiger partial charge is 0.342 e. The Bertz CT molecular complexity index is 2110. The van der Waals surface area contributed by atoms with Crippen molar-refractivity contribution in [3.63, 3.8) is 0 Å². The lowest BCUT2D eigenvalue weighted by Crippen LogP contribution is -2.33. The van der Waals surface area contributed by atoms with Crippen molar-refractivity contribution in [3.05, 3.63) is 134 Å². The van der Waals surface area contributed by atoms with Crippen LogP contribution >= 0.6 is 0 Å². The predicted molar refractivity (Wildman–Crippen MR) is 154 cm³/mol. The molecule has 0 spiro atoms. The van der Waals surface area contributed by atoms with E-state index >= 15 is 0 Å². The average molecular weight is 542 g/mol. The van der Waals surface area contributed by atoms with E-state index in [1.54, 1.807) is 73.2 Å². The van der Waals surface area contributed by atoms with Gasteiger partial charge in [-0.1, -0.05) is 36.1 Å². The van der Waals surface area contributed by atoms with Crippen molar-refractivity contribution in [1.29, 1.82) is 0 Å². The van der Waals surface area contributed by atoms with Crippen molar-refractivity contribution in [2.24, 2.45) is 0 Å². The summed E-state index contributed by atoms with van der Waals surface area (Å²) in [5, 5.41) is 7.71. The molecular weight excluding hydrogens is 518 g/mol. The second kappa shape index (κ2) is 10.4. The Hall–Kier alpha value is -5.82. The van der Waals surface area contributed by atoms with Crippen molar-refractivity contribution in [2.45, 2.75) is 19.9 Å². The molecule has 0 saturated heterocycles. The molecule has 6 aromatic rings. The third-order valence-corrected chi connectivity index (χ3v) is 6.60. The maximum atomic E-state index is 14.1. The number of pyridine rings is 1. The fourth-order valence-corrected chi connectivity index (χ4v) is 4.69. The van der Waals surface area contributed by atoms with Gasteiger partial charge in [0.1, 0.15) is 11.4 Å². The first-order valence-electron chi connectivity index (χ1n) is 12.8. The predicted octanol–water partition coefficient (Wildman–Crippen LogP) is 3.32. The molecule has 4 heterocycles. The molecule has 2 aromatic carbocycles. The fourth-order valence-electron chi connectivity index (χ4n) is 4.69. The number of H-pyrrole nitrogens is 1. The summed E-state index contributed by atoms with van der Waals surface area (Å²) in [5.74, 6) is 6.03. The molecule has 0 fully saturated rings. The molecule has 4 aromatic heterocycles. The Morgan fingerprint density at radius 2 is 1.83 bits per heavy atom. The highest BCUT2D eigenvalue weighted by Crippen LogP contribution is 2.21. The minimum absolute atomic E-state index is 0.225. The molecule has 0 aliphatic rings. The van der Waals surface area contributed by atoms with Gasteiger partial charge < -0.3 is 10.3 Å². The maximum absolute atomic E-state index is 14.1. The van der Waals surface area contributed by atoms with Gasteiger partial charge in [0, 0.05) is 35.8 Å². The van der Waals surface area contributed by atoms with Gasteiger partial charge in [0.05, 0.1) is 28.3 Å². The van der Waals surface area contributed by atoms with Crippen LogP contribution < -0.4 is 16.4 Å². The highest BCUT2D eigenvalue weighted by atomic mass is 16.2. The van der Waals surface area contributed by atoms with Gasteiger partial charge in [-0.05, 0) is 50.2 Å². The van der Waals surface area contributed by atoms with Gasteiger partial charge in [0.2, 0.25) is 5.56 Å². The highest BCUT2D eigenvalue weighted by molar-refractivity contribution is 6.01. The number of rotatable bonds is 4. The molecule has 10 nitrogen and oxygen atoms in total. The van der Waals surface area contributed by atoms with E-state index in [-0.39, 0.29) is 17.0 Å². The number of aromatic nitrogens is 6. The van der Waals surface area contributed by atoms with Crippen molar-refractivity contribution in [3.8, 4) is 17.5 Å². The van der Waals surface area contributed by atoms with E-state index in [9.17, 15) is 14.4 Å². The lowest BCUT2D eigenvalue weighted by molar-refractivity contribution is 0.0938. The Balaban J connectivity index is 1.47. The lowest BCUT2D eigenvalue weighted by Gasteiger charge is -2.20. The number of benzene rings is 2. The third kappa shape index (κ3) is 4.77. The Kier molecular flexibility index (Phi) is 6.45. The van der Waals surface area contributed by atoms with Crippen LogP contribution in [0.1, 0.15) is 46.0 Å². The molecular formula is C31H23N7O3. The number of amides is 1. The van der Waals surface area contributed by atoms with E-state index in [0.29, 0.717) is 50.4 Å². The first-order chi connectivity index (χ1) is 19.9. The average Bonchev–Trinajstić information content (AvgIpc) is 3.32. The number of aryl methyl sites for hydroxylation is 1. The molecule has 1 atom stereocenters. The molecule has 0 unspecified atom stereocenters. The van der Waals surface area contributed by atoms with Crippen molar-refractivity contribution in [2.75, 3.05) is 0 Å². The molecule has 41 heavy (non-hydrogen) atoms. The monoisotopic (exact) mass is 541 g/mol. The van der Waals surface area contributed by atoms with Crippen LogP contribution in [0.5, 0.6) is 0 Å². The first-order valence-corrected chi connectivity index (χ1v) is 12.8. The van der Waals surface area contributed by atoms with Crippen molar-refractivity contribution >= 4 is 22.5 Å². The van der Waals surface area contributed by atoms with Crippen LogP contribution in [0.15, 0.2) is 94.9 Å². The molecule has 2 N–H and O–H groups in total. The summed E-state index contributed by atoms with van der Waals surface area (Å²) < 4.78 is 3.05. The summed E-state index contributed by atoms with van der Waals surface area (Å²) in [6.07, 6.45) is 4.85. The number of nitrogens with zero attached hydrogens (tertiary/aromatic N) is 5. The highest BCUT2D eigenvalue weighted by Gasteiger charge is 2.24. The molecule has 200 valence electrons. The number of carbonyl (C=O) groups excluding carboxylic acids is 1. The molecule has 6 rings (SSSR count). The molecule has 1 amide bonds. The SMILES string of the molecule is Cc1nn2cccnc2c1C(=O)N[C@H](C)c1nc2cccc(C#Cc3ccc(=O)[nH]c3)c2c(=O)n1-c1ccccc1. The van der Waals surface area contributed by atoms with Crippen LogP contribution in [0.25, 0.3) is 22.2 Å². The standard InChI is InChI=1S/C31H23N7O3/c1-19-26(29-32-16-7-17-37(29)36-19)30(40)34-20(2)28-35-24-11-6-8-22(14-12-21-13-15-25(39)33-18-21)27(24)31(41)38(28)23-9-4-3-5-10-23/h3-11,13,15-18,20H,1-2H3,(H,33,39)(H,34,40)/t20-/m1/s1. The van der Waals surface area contributed by atoms with Crippen molar-refractivity contribution in [1.82, 2.24) is 34.4 Å². The maximum Gasteiger partial charge on any atom is 0.267 e. The minimum Gasteiger partial charge on any atom is -0.342 e. The number of carbonyl (C=O) groups is 1.